The standard InChI is InChI=1S/C18H28N2O2/c1-3-5-13-22-17-8-6-15(7-9-17)18(21)20(12-4-2)16-10-11-19-14-16/h6-9,16,19H,3-5,10-14H2,1-2H3. The maximum atomic E-state index is 12.8. The summed E-state index contributed by atoms with van der Waals surface area (Å²) in [5.74, 6) is 0.977. The molecule has 122 valence electrons. The van der Waals surface area contributed by atoms with Gasteiger partial charge in [0.05, 0.1) is 6.61 Å². The van der Waals surface area contributed by atoms with E-state index < -0.39 is 0 Å². The van der Waals surface area contributed by atoms with Gasteiger partial charge in [0.1, 0.15) is 5.75 Å². The van der Waals surface area contributed by atoms with Crippen molar-refractivity contribution in [2.24, 2.45) is 0 Å². The lowest BCUT2D eigenvalue weighted by atomic mass is 10.1. The number of ether oxygens (including phenoxy) is 1. The van der Waals surface area contributed by atoms with Crippen molar-refractivity contribution in [2.45, 2.75) is 45.6 Å². The minimum atomic E-state index is 0.135. The average Bonchev–Trinajstić information content (AvgIpc) is 3.07. The molecule has 1 aliphatic heterocycles. The zero-order chi connectivity index (χ0) is 15.8. The number of amides is 1. The molecular formula is C18H28N2O2. The Morgan fingerprint density at radius 2 is 2.05 bits per heavy atom. The fourth-order valence-electron chi connectivity index (χ4n) is 2.79. The molecule has 1 fully saturated rings. The quantitative estimate of drug-likeness (QED) is 0.750. The van der Waals surface area contributed by atoms with Crippen LogP contribution in [0.25, 0.3) is 0 Å². The van der Waals surface area contributed by atoms with Crippen molar-refractivity contribution in [3.8, 4) is 5.75 Å². The van der Waals surface area contributed by atoms with E-state index in [0.717, 1.165) is 63.2 Å². The summed E-state index contributed by atoms with van der Waals surface area (Å²) in [4.78, 5) is 14.8. The van der Waals surface area contributed by atoms with Crippen LogP contribution in [0.5, 0.6) is 5.75 Å². The zero-order valence-corrected chi connectivity index (χ0v) is 13.8. The Bertz CT molecular complexity index is 453. The first-order valence-electron chi connectivity index (χ1n) is 8.50. The predicted molar refractivity (Wildman–Crippen MR) is 89.4 cm³/mol. The largest absolute Gasteiger partial charge is 0.494 e. The van der Waals surface area contributed by atoms with Gasteiger partial charge in [-0.3, -0.25) is 4.79 Å². The number of hydrogen-bond acceptors (Lipinski definition) is 3. The lowest BCUT2D eigenvalue weighted by molar-refractivity contribution is 0.0692. The molecule has 0 aromatic heterocycles. The van der Waals surface area contributed by atoms with E-state index in [1.807, 2.05) is 29.2 Å². The summed E-state index contributed by atoms with van der Waals surface area (Å²) in [7, 11) is 0. The Morgan fingerprint density at radius 3 is 2.64 bits per heavy atom. The summed E-state index contributed by atoms with van der Waals surface area (Å²) in [6, 6.07) is 7.90. The Balaban J connectivity index is 2.00. The van der Waals surface area contributed by atoms with Crippen LogP contribution >= 0.6 is 0 Å². The van der Waals surface area contributed by atoms with Crippen molar-refractivity contribution in [3.05, 3.63) is 29.8 Å². The van der Waals surface area contributed by atoms with Gasteiger partial charge in [-0.15, -0.1) is 0 Å². The molecule has 1 atom stereocenters. The van der Waals surface area contributed by atoms with Crippen LogP contribution in [0.2, 0.25) is 0 Å². The first-order chi connectivity index (χ1) is 10.8. The topological polar surface area (TPSA) is 41.6 Å². The Morgan fingerprint density at radius 1 is 1.27 bits per heavy atom. The van der Waals surface area contributed by atoms with Gasteiger partial charge in [0.25, 0.3) is 5.91 Å². The number of carbonyl (C=O) groups is 1. The molecule has 1 aromatic rings. The van der Waals surface area contributed by atoms with Gasteiger partial charge in [-0.1, -0.05) is 20.3 Å². The Hall–Kier alpha value is -1.55. The van der Waals surface area contributed by atoms with Crippen molar-refractivity contribution >= 4 is 5.91 Å². The minimum absolute atomic E-state index is 0.135. The highest BCUT2D eigenvalue weighted by Gasteiger charge is 2.26. The summed E-state index contributed by atoms with van der Waals surface area (Å²) in [5, 5.41) is 3.34. The number of nitrogens with one attached hydrogen (secondary N) is 1. The molecule has 0 radical (unpaired) electrons. The molecular weight excluding hydrogens is 276 g/mol. The van der Waals surface area contributed by atoms with E-state index in [1.54, 1.807) is 0 Å². The number of nitrogens with zero attached hydrogens (tertiary/aromatic N) is 1. The molecule has 1 aromatic carbocycles. The zero-order valence-electron chi connectivity index (χ0n) is 13.8. The molecule has 1 unspecified atom stereocenters. The summed E-state index contributed by atoms with van der Waals surface area (Å²) < 4.78 is 5.65. The van der Waals surface area contributed by atoms with Crippen LogP contribution in [-0.4, -0.2) is 43.1 Å². The number of unbranched alkanes of at least 4 members (excludes halogenated alkanes) is 1. The molecule has 1 saturated heterocycles. The van der Waals surface area contributed by atoms with Crippen LogP contribution in [0, 0.1) is 0 Å². The van der Waals surface area contributed by atoms with Gasteiger partial charge in [0.2, 0.25) is 0 Å². The molecule has 1 amide bonds. The number of benzene rings is 1. The molecule has 0 saturated carbocycles. The van der Waals surface area contributed by atoms with Gasteiger partial charge in [-0.2, -0.15) is 0 Å². The van der Waals surface area contributed by atoms with Crippen LogP contribution in [0.4, 0.5) is 0 Å². The second-order valence-electron chi connectivity index (χ2n) is 5.87. The number of hydrogen-bond donors (Lipinski definition) is 1. The first kappa shape index (κ1) is 16.8. The van der Waals surface area contributed by atoms with Crippen LogP contribution in [0.1, 0.15) is 49.9 Å². The van der Waals surface area contributed by atoms with Crippen molar-refractivity contribution in [2.75, 3.05) is 26.2 Å². The third-order valence-corrected chi connectivity index (χ3v) is 4.07. The lowest BCUT2D eigenvalue weighted by Gasteiger charge is -2.28. The molecule has 4 heteroatoms. The normalized spacial score (nSPS) is 17.5. The smallest absolute Gasteiger partial charge is 0.254 e. The van der Waals surface area contributed by atoms with E-state index in [-0.39, 0.29) is 5.91 Å². The lowest BCUT2D eigenvalue weighted by Crippen LogP contribution is -2.42. The van der Waals surface area contributed by atoms with E-state index in [0.29, 0.717) is 6.04 Å². The van der Waals surface area contributed by atoms with E-state index in [9.17, 15) is 4.79 Å². The van der Waals surface area contributed by atoms with Gasteiger partial charge in [-0.05, 0) is 50.1 Å². The van der Waals surface area contributed by atoms with Crippen molar-refractivity contribution in [3.63, 3.8) is 0 Å². The molecule has 0 spiro atoms. The van der Waals surface area contributed by atoms with Crippen LogP contribution in [0.15, 0.2) is 24.3 Å². The fourth-order valence-corrected chi connectivity index (χ4v) is 2.79. The number of carbonyl (C=O) groups excluding carboxylic acids is 1. The highest BCUT2D eigenvalue weighted by atomic mass is 16.5. The highest BCUT2D eigenvalue weighted by molar-refractivity contribution is 5.94. The Labute approximate surface area is 133 Å². The van der Waals surface area contributed by atoms with Gasteiger partial charge in [-0.25, -0.2) is 0 Å². The van der Waals surface area contributed by atoms with E-state index in [4.69, 9.17) is 4.74 Å². The maximum Gasteiger partial charge on any atom is 0.254 e. The molecule has 22 heavy (non-hydrogen) atoms. The highest BCUT2D eigenvalue weighted by Crippen LogP contribution is 2.17. The fraction of sp³-hybridized carbons (Fsp3) is 0.611. The van der Waals surface area contributed by atoms with Gasteiger partial charge in [0, 0.05) is 24.7 Å². The van der Waals surface area contributed by atoms with Crippen molar-refractivity contribution in [1.29, 1.82) is 0 Å². The third kappa shape index (κ3) is 4.47. The molecule has 0 bridgehead atoms. The second kappa shape index (κ2) is 8.79. The molecule has 1 aliphatic rings. The van der Waals surface area contributed by atoms with Crippen LogP contribution in [-0.2, 0) is 0 Å². The molecule has 1 N–H and O–H groups in total. The summed E-state index contributed by atoms with van der Waals surface area (Å²) in [5.41, 5.74) is 0.753. The third-order valence-electron chi connectivity index (χ3n) is 4.07. The predicted octanol–water partition coefficient (Wildman–Crippen LogP) is 3.08. The molecule has 1 heterocycles. The monoisotopic (exact) mass is 304 g/mol. The van der Waals surface area contributed by atoms with Crippen LogP contribution in [0.3, 0.4) is 0 Å². The van der Waals surface area contributed by atoms with Gasteiger partial charge in [0.15, 0.2) is 0 Å². The van der Waals surface area contributed by atoms with Gasteiger partial charge >= 0.3 is 0 Å². The molecule has 2 rings (SSSR count). The van der Waals surface area contributed by atoms with E-state index in [2.05, 4.69) is 19.2 Å². The molecule has 4 nitrogen and oxygen atoms in total. The Kier molecular flexibility index (Phi) is 6.72. The van der Waals surface area contributed by atoms with E-state index >= 15 is 0 Å². The number of rotatable bonds is 8. The summed E-state index contributed by atoms with van der Waals surface area (Å²) in [6.45, 7) is 7.73. The van der Waals surface area contributed by atoms with Crippen LogP contribution < -0.4 is 10.1 Å². The second-order valence-corrected chi connectivity index (χ2v) is 5.87. The van der Waals surface area contributed by atoms with Crippen molar-refractivity contribution < 1.29 is 9.53 Å². The minimum Gasteiger partial charge on any atom is -0.494 e. The van der Waals surface area contributed by atoms with E-state index in [1.165, 1.54) is 0 Å². The SMILES string of the molecule is CCCCOc1ccc(C(=O)N(CCC)C2CCNC2)cc1. The summed E-state index contributed by atoms with van der Waals surface area (Å²) in [6.07, 6.45) is 4.21. The summed E-state index contributed by atoms with van der Waals surface area (Å²) >= 11 is 0. The maximum absolute atomic E-state index is 12.8. The first-order valence-corrected chi connectivity index (χ1v) is 8.50. The van der Waals surface area contributed by atoms with Gasteiger partial charge < -0.3 is 15.0 Å². The molecule has 0 aliphatic carbocycles. The van der Waals surface area contributed by atoms with Crippen molar-refractivity contribution in [1.82, 2.24) is 10.2 Å². The average molecular weight is 304 g/mol.